The van der Waals surface area contributed by atoms with E-state index in [0.717, 1.165) is 51.9 Å². The van der Waals surface area contributed by atoms with Gasteiger partial charge in [0.25, 0.3) is 0 Å². The van der Waals surface area contributed by atoms with Crippen LogP contribution in [-0.4, -0.2) is 9.72 Å². The number of furan rings is 1. The standard InChI is InChI=1S/C24H24N2O4/c1-3-17(12-13-26-23(27)25-24(28)30-26)18-10-11-19-20(14-16-8-6-5-7-9-16)21(4-2)29-22(19)15-18/h5-12,15H,3-4,13-14H2,1-2H3,(H,25,27,28). The molecule has 1 N–H and O–H groups in total. The number of fused-ring (bicyclic) bond motifs is 1. The lowest BCUT2D eigenvalue weighted by atomic mass is 9.98. The maximum absolute atomic E-state index is 11.6. The van der Waals surface area contributed by atoms with Gasteiger partial charge in [-0.1, -0.05) is 62.4 Å². The highest BCUT2D eigenvalue weighted by Gasteiger charge is 2.14. The van der Waals surface area contributed by atoms with Crippen LogP contribution in [0.1, 0.15) is 42.7 Å². The second kappa shape index (κ2) is 8.45. The van der Waals surface area contributed by atoms with Crippen molar-refractivity contribution in [1.82, 2.24) is 9.72 Å². The Kier molecular flexibility index (Phi) is 5.57. The molecule has 4 aromatic rings. The van der Waals surface area contributed by atoms with Crippen molar-refractivity contribution in [3.05, 3.63) is 98.1 Å². The zero-order valence-corrected chi connectivity index (χ0v) is 17.1. The zero-order valence-electron chi connectivity index (χ0n) is 17.1. The monoisotopic (exact) mass is 404 g/mol. The quantitative estimate of drug-likeness (QED) is 0.491. The Bertz CT molecular complexity index is 1300. The van der Waals surface area contributed by atoms with E-state index in [1.54, 1.807) is 0 Å². The van der Waals surface area contributed by atoms with Gasteiger partial charge in [0.1, 0.15) is 11.3 Å². The Hall–Kier alpha value is -3.54. The van der Waals surface area contributed by atoms with Crippen LogP contribution in [-0.2, 0) is 19.4 Å². The number of aryl methyl sites for hydroxylation is 1. The fourth-order valence-corrected chi connectivity index (χ4v) is 3.77. The molecule has 0 aliphatic carbocycles. The SMILES string of the molecule is CCC(=CCn1oc(=O)[nH]c1=O)c1ccc2c(Cc3ccccc3)c(CC)oc2c1. The molecule has 2 aromatic heterocycles. The van der Waals surface area contributed by atoms with E-state index in [1.165, 1.54) is 11.1 Å². The molecule has 0 atom stereocenters. The Morgan fingerprint density at radius 1 is 1.10 bits per heavy atom. The molecule has 6 heteroatoms. The van der Waals surface area contributed by atoms with Crippen LogP contribution in [0.25, 0.3) is 16.5 Å². The summed E-state index contributed by atoms with van der Waals surface area (Å²) < 4.78 is 12.0. The van der Waals surface area contributed by atoms with Crippen LogP contribution in [0, 0.1) is 0 Å². The lowest BCUT2D eigenvalue weighted by Crippen LogP contribution is -2.16. The molecular formula is C24H24N2O4. The molecule has 4 rings (SSSR count). The molecule has 0 bridgehead atoms. The second-order valence-electron chi connectivity index (χ2n) is 7.18. The molecule has 0 spiro atoms. The number of hydrogen-bond donors (Lipinski definition) is 1. The van der Waals surface area contributed by atoms with Crippen molar-refractivity contribution in [2.75, 3.05) is 0 Å². The van der Waals surface area contributed by atoms with Crippen LogP contribution < -0.4 is 11.4 Å². The molecule has 0 fully saturated rings. The molecule has 0 saturated heterocycles. The van der Waals surface area contributed by atoms with Gasteiger partial charge in [-0.05, 0) is 29.2 Å². The van der Waals surface area contributed by atoms with E-state index in [0.29, 0.717) is 0 Å². The second-order valence-corrected chi connectivity index (χ2v) is 7.18. The first-order chi connectivity index (χ1) is 14.6. The molecule has 2 aromatic carbocycles. The first kappa shape index (κ1) is 19.8. The lowest BCUT2D eigenvalue weighted by molar-refractivity contribution is 0.261. The van der Waals surface area contributed by atoms with E-state index in [9.17, 15) is 9.59 Å². The summed E-state index contributed by atoms with van der Waals surface area (Å²) in [6.07, 6.45) is 4.33. The minimum absolute atomic E-state index is 0.191. The van der Waals surface area contributed by atoms with Crippen molar-refractivity contribution < 1.29 is 8.94 Å². The minimum Gasteiger partial charge on any atom is -0.461 e. The van der Waals surface area contributed by atoms with Gasteiger partial charge >= 0.3 is 11.4 Å². The topological polar surface area (TPSA) is 81.1 Å². The third kappa shape index (κ3) is 3.94. The van der Waals surface area contributed by atoms with Crippen LogP contribution in [0.2, 0.25) is 0 Å². The van der Waals surface area contributed by atoms with Gasteiger partial charge in [0, 0.05) is 23.8 Å². The largest absolute Gasteiger partial charge is 0.461 e. The summed E-state index contributed by atoms with van der Waals surface area (Å²) in [4.78, 5) is 24.9. The summed E-state index contributed by atoms with van der Waals surface area (Å²) in [6.45, 7) is 4.34. The van der Waals surface area contributed by atoms with Gasteiger partial charge in [0.15, 0.2) is 0 Å². The first-order valence-corrected chi connectivity index (χ1v) is 10.2. The van der Waals surface area contributed by atoms with Crippen LogP contribution >= 0.6 is 0 Å². The average molecular weight is 404 g/mol. The number of nitrogens with zero attached hydrogens (tertiary/aromatic N) is 1. The van der Waals surface area contributed by atoms with E-state index >= 15 is 0 Å². The summed E-state index contributed by atoms with van der Waals surface area (Å²) >= 11 is 0. The van der Waals surface area contributed by atoms with E-state index in [4.69, 9.17) is 8.94 Å². The highest BCUT2D eigenvalue weighted by atomic mass is 16.5. The first-order valence-electron chi connectivity index (χ1n) is 10.2. The van der Waals surface area contributed by atoms with E-state index < -0.39 is 11.4 Å². The van der Waals surface area contributed by atoms with Crippen molar-refractivity contribution in [2.24, 2.45) is 0 Å². The maximum Gasteiger partial charge on any atom is 0.440 e. The number of hydrogen-bond acceptors (Lipinski definition) is 4. The van der Waals surface area contributed by atoms with E-state index in [1.807, 2.05) is 25.1 Å². The van der Waals surface area contributed by atoms with Gasteiger partial charge in [-0.2, -0.15) is 0 Å². The third-order valence-corrected chi connectivity index (χ3v) is 5.31. The molecule has 154 valence electrons. The fraction of sp³-hybridized carbons (Fsp3) is 0.250. The van der Waals surface area contributed by atoms with E-state index in [2.05, 4.69) is 48.3 Å². The summed E-state index contributed by atoms with van der Waals surface area (Å²) in [5, 5.41) is 1.13. The van der Waals surface area contributed by atoms with Crippen molar-refractivity contribution in [1.29, 1.82) is 0 Å². The minimum atomic E-state index is -0.749. The van der Waals surface area contributed by atoms with E-state index in [-0.39, 0.29) is 6.54 Å². The highest BCUT2D eigenvalue weighted by Crippen LogP contribution is 2.31. The predicted octanol–water partition coefficient (Wildman–Crippen LogP) is 4.52. The molecule has 0 aliphatic rings. The third-order valence-electron chi connectivity index (χ3n) is 5.31. The molecule has 30 heavy (non-hydrogen) atoms. The zero-order chi connectivity index (χ0) is 21.1. The smallest absolute Gasteiger partial charge is 0.440 e. The summed E-state index contributed by atoms with van der Waals surface area (Å²) in [7, 11) is 0. The molecular weight excluding hydrogens is 380 g/mol. The molecule has 6 nitrogen and oxygen atoms in total. The highest BCUT2D eigenvalue weighted by molar-refractivity contribution is 5.86. The number of nitrogens with one attached hydrogen (secondary N) is 1. The van der Waals surface area contributed by atoms with Gasteiger partial charge in [-0.3, -0.25) is 0 Å². The Morgan fingerprint density at radius 2 is 1.90 bits per heavy atom. The Balaban J connectivity index is 1.68. The maximum atomic E-state index is 11.6. The number of H-pyrrole nitrogens is 1. The van der Waals surface area contributed by atoms with Crippen molar-refractivity contribution >= 4 is 16.5 Å². The fourth-order valence-electron chi connectivity index (χ4n) is 3.77. The molecule has 0 amide bonds. The molecule has 0 saturated carbocycles. The molecule has 0 radical (unpaired) electrons. The van der Waals surface area contributed by atoms with Crippen LogP contribution in [0.3, 0.4) is 0 Å². The van der Waals surface area contributed by atoms with Crippen LogP contribution in [0.15, 0.2) is 73.1 Å². The molecule has 0 unspecified atom stereocenters. The molecule has 0 aliphatic heterocycles. The predicted molar refractivity (Wildman–Crippen MR) is 117 cm³/mol. The number of aromatic nitrogens is 2. The number of allylic oxidation sites excluding steroid dienone is 2. The molecule has 2 heterocycles. The van der Waals surface area contributed by atoms with Gasteiger partial charge in [0.2, 0.25) is 0 Å². The lowest BCUT2D eigenvalue weighted by Gasteiger charge is -2.06. The van der Waals surface area contributed by atoms with Crippen LogP contribution in [0.5, 0.6) is 0 Å². The average Bonchev–Trinajstić information content (AvgIpc) is 3.27. The summed E-state index contributed by atoms with van der Waals surface area (Å²) in [5.41, 5.74) is 4.87. The van der Waals surface area contributed by atoms with Crippen molar-refractivity contribution in [3.63, 3.8) is 0 Å². The van der Waals surface area contributed by atoms with Gasteiger partial charge in [-0.25, -0.2) is 14.6 Å². The van der Waals surface area contributed by atoms with Crippen molar-refractivity contribution in [3.8, 4) is 0 Å². The number of benzene rings is 2. The van der Waals surface area contributed by atoms with Gasteiger partial charge in [0.05, 0.1) is 6.54 Å². The van der Waals surface area contributed by atoms with Crippen LogP contribution in [0.4, 0.5) is 0 Å². The normalized spacial score (nSPS) is 12.0. The summed E-state index contributed by atoms with van der Waals surface area (Å²) in [5.74, 6) is 0.259. The van der Waals surface area contributed by atoms with Crippen molar-refractivity contribution in [2.45, 2.75) is 39.7 Å². The number of aromatic amines is 1. The summed E-state index contributed by atoms with van der Waals surface area (Å²) in [6, 6.07) is 16.6. The number of rotatable bonds is 7. The Morgan fingerprint density at radius 3 is 2.57 bits per heavy atom. The Labute approximate surface area is 173 Å². The van der Waals surface area contributed by atoms with Gasteiger partial charge in [-0.15, -0.1) is 4.74 Å². The van der Waals surface area contributed by atoms with Gasteiger partial charge < -0.3 is 8.94 Å².